The van der Waals surface area contributed by atoms with Crippen LogP contribution >= 0.6 is 11.3 Å². The molecule has 0 aliphatic carbocycles. The van der Waals surface area contributed by atoms with Crippen molar-refractivity contribution in [3.8, 4) is 11.3 Å². The molecule has 0 radical (unpaired) electrons. The molecule has 5 nitrogen and oxygen atoms in total. The van der Waals surface area contributed by atoms with Gasteiger partial charge in [-0.15, -0.1) is 11.3 Å². The van der Waals surface area contributed by atoms with Crippen molar-refractivity contribution >= 4 is 38.9 Å². The van der Waals surface area contributed by atoms with Gasteiger partial charge in [0.1, 0.15) is 17.2 Å². The van der Waals surface area contributed by atoms with Crippen LogP contribution in [0.25, 0.3) is 27.1 Å². The smallest absolute Gasteiger partial charge is 0.256 e. The van der Waals surface area contributed by atoms with Crippen molar-refractivity contribution in [1.82, 2.24) is 14.4 Å². The number of nitrogens with zero attached hydrogens (tertiary/aromatic N) is 3. The molecule has 0 bridgehead atoms. The summed E-state index contributed by atoms with van der Waals surface area (Å²) >= 11 is 1.52. The zero-order chi connectivity index (χ0) is 19.1. The third-order valence-electron chi connectivity index (χ3n) is 4.64. The molecular weight excluding hydrogens is 368 g/mol. The van der Waals surface area contributed by atoms with Crippen molar-refractivity contribution < 1.29 is 4.79 Å². The molecule has 0 unspecified atom stereocenters. The van der Waals surface area contributed by atoms with Crippen LogP contribution in [0.2, 0.25) is 0 Å². The van der Waals surface area contributed by atoms with E-state index in [9.17, 15) is 4.79 Å². The number of hydrogen-bond acceptors (Lipinski definition) is 4. The first-order valence-electron chi connectivity index (χ1n) is 8.88. The van der Waals surface area contributed by atoms with E-state index in [0.29, 0.717) is 11.4 Å². The Hall–Kier alpha value is -3.51. The standard InChI is InChI=1S/C22H16N4OS/c1-14-7-10-19-24-20(15-5-3-2-4-6-15)21(26(19)12-14)25-22(27)16-8-9-17-18(11-16)28-13-23-17/h2-13H,1H3,(H,25,27). The number of nitrogens with one attached hydrogen (secondary N) is 1. The van der Waals surface area contributed by atoms with E-state index in [-0.39, 0.29) is 5.91 Å². The van der Waals surface area contributed by atoms with E-state index in [4.69, 9.17) is 4.98 Å². The van der Waals surface area contributed by atoms with Crippen LogP contribution in [0.3, 0.4) is 0 Å². The first-order valence-corrected chi connectivity index (χ1v) is 9.76. The fraction of sp³-hybridized carbons (Fsp3) is 0.0455. The van der Waals surface area contributed by atoms with E-state index in [1.807, 2.05) is 72.1 Å². The number of benzene rings is 2. The van der Waals surface area contributed by atoms with Crippen LogP contribution in [0.15, 0.2) is 72.4 Å². The van der Waals surface area contributed by atoms with Gasteiger partial charge in [-0.1, -0.05) is 36.4 Å². The second-order valence-electron chi connectivity index (χ2n) is 6.60. The predicted octanol–water partition coefficient (Wildman–Crippen LogP) is 5.17. The van der Waals surface area contributed by atoms with Crippen LogP contribution in [0, 0.1) is 6.92 Å². The Bertz CT molecular complexity index is 1320. The number of imidazole rings is 1. The Morgan fingerprint density at radius 3 is 2.79 bits per heavy atom. The zero-order valence-corrected chi connectivity index (χ0v) is 15.9. The number of anilines is 1. The van der Waals surface area contributed by atoms with E-state index in [1.165, 1.54) is 11.3 Å². The van der Waals surface area contributed by atoms with Gasteiger partial charge in [-0.05, 0) is 36.8 Å². The molecule has 5 aromatic rings. The predicted molar refractivity (Wildman–Crippen MR) is 113 cm³/mol. The highest BCUT2D eigenvalue weighted by molar-refractivity contribution is 7.16. The maximum absolute atomic E-state index is 13.0. The van der Waals surface area contributed by atoms with Crippen LogP contribution in [0.5, 0.6) is 0 Å². The Morgan fingerprint density at radius 1 is 1.07 bits per heavy atom. The SMILES string of the molecule is Cc1ccc2nc(-c3ccccc3)c(NC(=O)c3ccc4ncsc4c3)n2c1. The average Bonchev–Trinajstić information content (AvgIpc) is 3.33. The number of carbonyl (C=O) groups excluding carboxylic acids is 1. The van der Waals surface area contributed by atoms with Gasteiger partial charge in [0.05, 0.1) is 15.7 Å². The van der Waals surface area contributed by atoms with Crippen LogP contribution in [0.4, 0.5) is 5.82 Å². The summed E-state index contributed by atoms with van der Waals surface area (Å²) < 4.78 is 2.92. The summed E-state index contributed by atoms with van der Waals surface area (Å²) in [5, 5.41) is 3.08. The second kappa shape index (κ2) is 6.58. The van der Waals surface area contributed by atoms with E-state index in [2.05, 4.69) is 10.3 Å². The highest BCUT2D eigenvalue weighted by Crippen LogP contribution is 2.29. The van der Waals surface area contributed by atoms with Crippen LogP contribution < -0.4 is 5.32 Å². The Balaban J connectivity index is 1.62. The summed E-state index contributed by atoms with van der Waals surface area (Å²) in [7, 11) is 0. The molecule has 2 aromatic carbocycles. The van der Waals surface area contributed by atoms with E-state index >= 15 is 0 Å². The Labute approximate surface area is 165 Å². The molecule has 0 saturated carbocycles. The first-order chi connectivity index (χ1) is 13.7. The molecule has 0 saturated heterocycles. The van der Waals surface area contributed by atoms with Gasteiger partial charge in [0.2, 0.25) is 0 Å². The van der Waals surface area contributed by atoms with Crippen molar-refractivity contribution in [3.05, 3.63) is 83.5 Å². The van der Waals surface area contributed by atoms with E-state index in [0.717, 1.165) is 32.7 Å². The highest BCUT2D eigenvalue weighted by Gasteiger charge is 2.17. The van der Waals surface area contributed by atoms with Crippen LogP contribution in [-0.4, -0.2) is 20.3 Å². The maximum Gasteiger partial charge on any atom is 0.256 e. The van der Waals surface area contributed by atoms with Gasteiger partial charge in [-0.3, -0.25) is 9.20 Å². The maximum atomic E-state index is 13.0. The van der Waals surface area contributed by atoms with E-state index in [1.54, 1.807) is 11.6 Å². The molecule has 1 N–H and O–H groups in total. The van der Waals surface area contributed by atoms with Gasteiger partial charge in [0.15, 0.2) is 0 Å². The summed E-state index contributed by atoms with van der Waals surface area (Å²) in [6, 6.07) is 19.4. The topological polar surface area (TPSA) is 59.3 Å². The molecule has 5 rings (SSSR count). The average molecular weight is 384 g/mol. The largest absolute Gasteiger partial charge is 0.306 e. The summed E-state index contributed by atoms with van der Waals surface area (Å²) in [6.07, 6.45) is 1.98. The number of aromatic nitrogens is 3. The number of pyridine rings is 1. The lowest BCUT2D eigenvalue weighted by Gasteiger charge is -2.08. The normalized spacial score (nSPS) is 11.2. The van der Waals surface area contributed by atoms with E-state index < -0.39 is 0 Å². The second-order valence-corrected chi connectivity index (χ2v) is 7.49. The van der Waals surface area contributed by atoms with Crippen LogP contribution in [0.1, 0.15) is 15.9 Å². The quantitative estimate of drug-likeness (QED) is 0.467. The fourth-order valence-electron chi connectivity index (χ4n) is 3.24. The third-order valence-corrected chi connectivity index (χ3v) is 5.43. The van der Waals surface area contributed by atoms with Gasteiger partial charge in [0, 0.05) is 17.3 Å². The number of hydrogen-bond donors (Lipinski definition) is 1. The van der Waals surface area contributed by atoms with Gasteiger partial charge in [-0.25, -0.2) is 9.97 Å². The van der Waals surface area contributed by atoms with Crippen molar-refractivity contribution in [2.45, 2.75) is 6.92 Å². The van der Waals surface area contributed by atoms with Gasteiger partial charge in [-0.2, -0.15) is 0 Å². The molecule has 0 spiro atoms. The molecule has 6 heteroatoms. The lowest BCUT2D eigenvalue weighted by molar-refractivity contribution is 0.102. The molecule has 28 heavy (non-hydrogen) atoms. The van der Waals surface area contributed by atoms with Gasteiger partial charge < -0.3 is 5.32 Å². The molecule has 0 aliphatic heterocycles. The van der Waals surface area contributed by atoms with Crippen molar-refractivity contribution in [2.24, 2.45) is 0 Å². The molecule has 0 fully saturated rings. The monoisotopic (exact) mass is 384 g/mol. The van der Waals surface area contributed by atoms with Crippen molar-refractivity contribution in [2.75, 3.05) is 5.32 Å². The van der Waals surface area contributed by atoms with Gasteiger partial charge >= 0.3 is 0 Å². The summed E-state index contributed by atoms with van der Waals surface area (Å²) in [4.78, 5) is 22.0. The third kappa shape index (κ3) is 2.84. The number of amides is 1. The minimum absolute atomic E-state index is 0.171. The zero-order valence-electron chi connectivity index (χ0n) is 15.1. The molecule has 136 valence electrons. The van der Waals surface area contributed by atoms with Crippen molar-refractivity contribution in [1.29, 1.82) is 0 Å². The Morgan fingerprint density at radius 2 is 1.93 bits per heavy atom. The van der Waals surface area contributed by atoms with Crippen LogP contribution in [-0.2, 0) is 0 Å². The minimum Gasteiger partial charge on any atom is -0.306 e. The number of thiazole rings is 1. The molecule has 0 aliphatic rings. The first kappa shape index (κ1) is 16.6. The van der Waals surface area contributed by atoms with Gasteiger partial charge in [0.25, 0.3) is 5.91 Å². The summed E-state index contributed by atoms with van der Waals surface area (Å²) in [5.74, 6) is 0.495. The minimum atomic E-state index is -0.171. The molecular formula is C22H16N4OS. The van der Waals surface area contributed by atoms with Crippen molar-refractivity contribution in [3.63, 3.8) is 0 Å². The number of rotatable bonds is 3. The fourth-order valence-corrected chi connectivity index (χ4v) is 3.96. The molecule has 0 atom stereocenters. The highest BCUT2D eigenvalue weighted by atomic mass is 32.1. The lowest BCUT2D eigenvalue weighted by atomic mass is 10.1. The lowest BCUT2D eigenvalue weighted by Crippen LogP contribution is -2.14. The number of fused-ring (bicyclic) bond motifs is 2. The molecule has 3 heterocycles. The molecule has 1 amide bonds. The number of aryl methyl sites for hydroxylation is 1. The Kier molecular flexibility index (Phi) is 3.91. The summed E-state index contributed by atoms with van der Waals surface area (Å²) in [6.45, 7) is 2.02. The molecule has 3 aromatic heterocycles. The summed E-state index contributed by atoms with van der Waals surface area (Å²) in [5.41, 5.74) is 6.86. The number of carbonyl (C=O) groups is 1.